The quantitative estimate of drug-likeness (QED) is 0.929. The van der Waals surface area contributed by atoms with E-state index in [0.29, 0.717) is 24.6 Å². The molecule has 1 aromatic heterocycles. The summed E-state index contributed by atoms with van der Waals surface area (Å²) >= 11 is 0. The molecule has 1 aliphatic heterocycles. The number of aryl methyl sites for hydroxylation is 2. The molecule has 0 saturated carbocycles. The van der Waals surface area contributed by atoms with Gasteiger partial charge < -0.3 is 14.8 Å². The maximum Gasteiger partial charge on any atom is 0.161 e. The lowest BCUT2D eigenvalue weighted by Gasteiger charge is -2.19. The second-order valence-electron chi connectivity index (χ2n) is 6.46. The highest BCUT2D eigenvalue weighted by molar-refractivity contribution is 5.55. The smallest absolute Gasteiger partial charge is 0.161 e. The summed E-state index contributed by atoms with van der Waals surface area (Å²) in [5.41, 5.74) is 4.20. The number of anilines is 1. The van der Waals surface area contributed by atoms with E-state index in [-0.39, 0.29) is 0 Å². The summed E-state index contributed by atoms with van der Waals surface area (Å²) in [5, 5.41) is 12.7. The van der Waals surface area contributed by atoms with Crippen molar-refractivity contribution in [2.45, 2.75) is 32.1 Å². The van der Waals surface area contributed by atoms with Crippen LogP contribution in [0.1, 0.15) is 35.2 Å². The van der Waals surface area contributed by atoms with Crippen LogP contribution >= 0.6 is 0 Å². The van der Waals surface area contributed by atoms with Gasteiger partial charge in [-0.25, -0.2) is 4.98 Å². The number of nitriles is 1. The van der Waals surface area contributed by atoms with E-state index in [4.69, 9.17) is 14.5 Å². The van der Waals surface area contributed by atoms with Gasteiger partial charge in [0.25, 0.3) is 0 Å². The Morgan fingerprint density at radius 2 is 1.92 bits per heavy atom. The molecular formula is C20H21N3O2. The van der Waals surface area contributed by atoms with Gasteiger partial charge in [-0.15, -0.1) is 0 Å². The van der Waals surface area contributed by atoms with Crippen molar-refractivity contribution in [3.8, 4) is 17.6 Å². The molecule has 0 bridgehead atoms. The number of hydrogen-bond acceptors (Lipinski definition) is 5. The molecule has 0 amide bonds. The molecule has 0 unspecified atom stereocenters. The molecule has 0 fully saturated rings. The summed E-state index contributed by atoms with van der Waals surface area (Å²) in [6.45, 7) is 1.92. The summed E-state index contributed by atoms with van der Waals surface area (Å²) in [5.74, 6) is 2.33. The molecule has 5 nitrogen and oxygen atoms in total. The van der Waals surface area contributed by atoms with Gasteiger partial charge in [0, 0.05) is 12.2 Å². The molecule has 0 atom stereocenters. The number of pyridine rings is 1. The molecule has 0 saturated heterocycles. The van der Waals surface area contributed by atoms with Crippen molar-refractivity contribution >= 4 is 5.82 Å². The van der Waals surface area contributed by atoms with Crippen LogP contribution in [-0.2, 0) is 19.3 Å². The van der Waals surface area contributed by atoms with E-state index in [1.807, 2.05) is 18.2 Å². The van der Waals surface area contributed by atoms with Crippen LogP contribution in [0.3, 0.4) is 0 Å². The van der Waals surface area contributed by atoms with Crippen molar-refractivity contribution in [2.24, 2.45) is 0 Å². The van der Waals surface area contributed by atoms with Gasteiger partial charge in [0.2, 0.25) is 0 Å². The third kappa shape index (κ3) is 3.39. The van der Waals surface area contributed by atoms with Crippen molar-refractivity contribution in [3.63, 3.8) is 0 Å². The molecule has 5 heteroatoms. The topological polar surface area (TPSA) is 67.2 Å². The van der Waals surface area contributed by atoms with Crippen molar-refractivity contribution in [3.05, 3.63) is 46.6 Å². The van der Waals surface area contributed by atoms with Crippen LogP contribution in [0.2, 0.25) is 0 Å². The number of hydrogen-bond donors (Lipinski definition) is 1. The highest BCUT2D eigenvalue weighted by Gasteiger charge is 2.15. The largest absolute Gasteiger partial charge is 0.486 e. The lowest BCUT2D eigenvalue weighted by molar-refractivity contribution is 0.171. The van der Waals surface area contributed by atoms with Crippen LogP contribution < -0.4 is 14.8 Å². The zero-order valence-corrected chi connectivity index (χ0v) is 14.2. The monoisotopic (exact) mass is 335 g/mol. The summed E-state index contributed by atoms with van der Waals surface area (Å²) in [6, 6.07) is 10.3. The summed E-state index contributed by atoms with van der Waals surface area (Å²) in [4.78, 5) is 4.71. The second kappa shape index (κ2) is 7.02. The van der Waals surface area contributed by atoms with E-state index in [9.17, 15) is 5.26 Å². The van der Waals surface area contributed by atoms with Gasteiger partial charge in [-0.2, -0.15) is 5.26 Å². The molecule has 2 aromatic rings. The number of fused-ring (bicyclic) bond motifs is 2. The number of ether oxygens (including phenoxy) is 2. The number of rotatable bonds is 4. The summed E-state index contributed by atoms with van der Waals surface area (Å²) in [6.07, 6.45) is 5.26. The van der Waals surface area contributed by atoms with Crippen molar-refractivity contribution in [1.82, 2.24) is 4.98 Å². The normalized spacial score (nSPS) is 15.2. The van der Waals surface area contributed by atoms with Gasteiger partial charge in [-0.05, 0) is 61.4 Å². The van der Waals surface area contributed by atoms with Crippen LogP contribution in [0.4, 0.5) is 5.82 Å². The first-order chi connectivity index (χ1) is 12.3. The molecule has 4 rings (SSSR count). The number of aromatic nitrogens is 1. The lowest BCUT2D eigenvalue weighted by Crippen LogP contribution is -2.16. The Hall–Kier alpha value is -2.74. The molecule has 0 radical (unpaired) electrons. The molecule has 0 spiro atoms. The molecule has 1 aromatic carbocycles. The highest BCUT2D eigenvalue weighted by atomic mass is 16.6. The minimum atomic E-state index is 0.597. The molecule has 1 N–H and O–H groups in total. The average Bonchev–Trinajstić information content (AvgIpc) is 2.67. The Morgan fingerprint density at radius 3 is 2.80 bits per heavy atom. The van der Waals surface area contributed by atoms with E-state index in [2.05, 4.69) is 17.5 Å². The minimum Gasteiger partial charge on any atom is -0.486 e. The van der Waals surface area contributed by atoms with Gasteiger partial charge in [0.05, 0.1) is 5.56 Å². The van der Waals surface area contributed by atoms with Crippen LogP contribution in [-0.4, -0.2) is 24.7 Å². The van der Waals surface area contributed by atoms with E-state index >= 15 is 0 Å². The molecule has 128 valence electrons. The number of nitrogens with zero attached hydrogens (tertiary/aromatic N) is 2. The van der Waals surface area contributed by atoms with Crippen LogP contribution in [0.15, 0.2) is 24.3 Å². The van der Waals surface area contributed by atoms with E-state index in [1.54, 1.807) is 0 Å². The second-order valence-corrected chi connectivity index (χ2v) is 6.46. The van der Waals surface area contributed by atoms with Crippen molar-refractivity contribution in [2.75, 3.05) is 25.1 Å². The van der Waals surface area contributed by atoms with Gasteiger partial charge >= 0.3 is 0 Å². The van der Waals surface area contributed by atoms with Gasteiger partial charge in [0.1, 0.15) is 25.1 Å². The SMILES string of the molecule is N#Cc1cc2c(nc1NCCc1ccc3c(c1)OCCO3)CCCC2. The lowest BCUT2D eigenvalue weighted by atomic mass is 9.95. The first kappa shape index (κ1) is 15.8. The van der Waals surface area contributed by atoms with Crippen molar-refractivity contribution in [1.29, 1.82) is 5.26 Å². The Bertz CT molecular complexity index is 826. The average molecular weight is 335 g/mol. The Balaban J connectivity index is 1.44. The molecule has 1 aliphatic carbocycles. The zero-order valence-electron chi connectivity index (χ0n) is 14.2. The summed E-state index contributed by atoms with van der Waals surface area (Å²) in [7, 11) is 0. The van der Waals surface area contributed by atoms with Crippen molar-refractivity contribution < 1.29 is 9.47 Å². The van der Waals surface area contributed by atoms with Gasteiger partial charge in [0.15, 0.2) is 11.5 Å². The van der Waals surface area contributed by atoms with Crippen LogP contribution in [0.25, 0.3) is 0 Å². The first-order valence-corrected chi connectivity index (χ1v) is 8.89. The van der Waals surface area contributed by atoms with E-state index < -0.39 is 0 Å². The third-order valence-corrected chi connectivity index (χ3v) is 4.73. The fourth-order valence-corrected chi connectivity index (χ4v) is 3.42. The predicted molar refractivity (Wildman–Crippen MR) is 95.2 cm³/mol. The van der Waals surface area contributed by atoms with E-state index in [0.717, 1.165) is 43.0 Å². The third-order valence-electron chi connectivity index (χ3n) is 4.73. The fraction of sp³-hybridized carbons (Fsp3) is 0.400. The zero-order chi connectivity index (χ0) is 17.1. The van der Waals surface area contributed by atoms with Gasteiger partial charge in [-0.1, -0.05) is 6.07 Å². The predicted octanol–water partition coefficient (Wildman–Crippen LogP) is 3.26. The van der Waals surface area contributed by atoms with E-state index in [1.165, 1.54) is 24.0 Å². The Morgan fingerprint density at radius 1 is 1.08 bits per heavy atom. The highest BCUT2D eigenvalue weighted by Crippen LogP contribution is 2.31. The Labute approximate surface area is 147 Å². The molecule has 25 heavy (non-hydrogen) atoms. The maximum absolute atomic E-state index is 9.41. The molecule has 2 aliphatic rings. The maximum atomic E-state index is 9.41. The minimum absolute atomic E-state index is 0.597. The number of nitrogens with one attached hydrogen (secondary N) is 1. The molecule has 2 heterocycles. The fourth-order valence-electron chi connectivity index (χ4n) is 3.42. The Kier molecular flexibility index (Phi) is 4.43. The van der Waals surface area contributed by atoms with Crippen LogP contribution in [0, 0.1) is 11.3 Å². The summed E-state index contributed by atoms with van der Waals surface area (Å²) < 4.78 is 11.2. The molecular weight excluding hydrogens is 314 g/mol. The standard InChI is InChI=1S/C20H21N3O2/c21-13-16-12-15-3-1-2-4-17(15)23-20(16)22-8-7-14-5-6-18-19(11-14)25-10-9-24-18/h5-6,11-12H,1-4,7-10H2,(H,22,23). The van der Waals surface area contributed by atoms with Gasteiger partial charge in [-0.3, -0.25) is 0 Å². The number of benzene rings is 1. The van der Waals surface area contributed by atoms with Crippen LogP contribution in [0.5, 0.6) is 11.5 Å². The first-order valence-electron chi connectivity index (χ1n) is 8.89.